The molecule has 0 bridgehead atoms. The highest BCUT2D eigenvalue weighted by atomic mass is 16.6. The van der Waals surface area contributed by atoms with Gasteiger partial charge in [-0.25, -0.2) is 9.59 Å². The fourth-order valence-corrected chi connectivity index (χ4v) is 1.57. The van der Waals surface area contributed by atoms with Crippen LogP contribution in [-0.2, 0) is 4.74 Å². The van der Waals surface area contributed by atoms with Crippen LogP contribution in [0.2, 0.25) is 0 Å². The number of nitrogens with zero attached hydrogens (tertiary/aromatic N) is 1. The van der Waals surface area contributed by atoms with Gasteiger partial charge < -0.3 is 15.6 Å². The number of nitrogen functional groups attached to an aromatic ring is 1. The average molecular weight is 222 g/mol. The zero-order valence-electron chi connectivity index (χ0n) is 8.34. The first-order valence-corrected chi connectivity index (χ1v) is 4.66. The summed E-state index contributed by atoms with van der Waals surface area (Å²) in [5.41, 5.74) is 6.15. The molecule has 0 aliphatic carbocycles. The molecule has 1 aliphatic rings. The van der Waals surface area contributed by atoms with Crippen LogP contribution >= 0.6 is 0 Å². The second kappa shape index (κ2) is 3.73. The van der Waals surface area contributed by atoms with Gasteiger partial charge in [-0.15, -0.1) is 0 Å². The number of anilines is 2. The normalized spacial score (nSPS) is 15.0. The molecule has 6 heteroatoms. The molecule has 1 aliphatic heterocycles. The van der Waals surface area contributed by atoms with E-state index in [0.717, 1.165) is 0 Å². The molecule has 1 aromatic rings. The lowest BCUT2D eigenvalue weighted by Gasteiger charge is -2.15. The smallest absolute Gasteiger partial charge is 0.414 e. The molecular weight excluding hydrogens is 212 g/mol. The average Bonchev–Trinajstić information content (AvgIpc) is 2.64. The first kappa shape index (κ1) is 10.3. The summed E-state index contributed by atoms with van der Waals surface area (Å²) in [5, 5.41) is 9.00. The van der Waals surface area contributed by atoms with Gasteiger partial charge in [-0.05, 0) is 18.2 Å². The van der Waals surface area contributed by atoms with E-state index in [2.05, 4.69) is 0 Å². The molecule has 1 amide bonds. The molecule has 84 valence electrons. The van der Waals surface area contributed by atoms with Crippen LogP contribution in [0.5, 0.6) is 0 Å². The Morgan fingerprint density at radius 1 is 1.50 bits per heavy atom. The fourth-order valence-electron chi connectivity index (χ4n) is 1.57. The van der Waals surface area contributed by atoms with Crippen LogP contribution in [-0.4, -0.2) is 30.3 Å². The van der Waals surface area contributed by atoms with Gasteiger partial charge in [0.15, 0.2) is 0 Å². The second-order valence-corrected chi connectivity index (χ2v) is 3.35. The van der Waals surface area contributed by atoms with Gasteiger partial charge >= 0.3 is 12.1 Å². The lowest BCUT2D eigenvalue weighted by atomic mass is 10.1. The topological polar surface area (TPSA) is 92.9 Å². The number of benzene rings is 1. The summed E-state index contributed by atoms with van der Waals surface area (Å²) in [7, 11) is 0. The molecule has 2 rings (SSSR count). The van der Waals surface area contributed by atoms with Gasteiger partial charge in [0.1, 0.15) is 6.61 Å². The lowest BCUT2D eigenvalue weighted by Crippen LogP contribution is -2.25. The van der Waals surface area contributed by atoms with E-state index >= 15 is 0 Å². The summed E-state index contributed by atoms with van der Waals surface area (Å²) < 4.78 is 4.75. The summed E-state index contributed by atoms with van der Waals surface area (Å²) in [4.78, 5) is 23.6. The molecule has 0 radical (unpaired) electrons. The zero-order chi connectivity index (χ0) is 11.7. The Balaban J connectivity index is 2.47. The van der Waals surface area contributed by atoms with Crippen LogP contribution in [0.15, 0.2) is 18.2 Å². The Morgan fingerprint density at radius 3 is 2.81 bits per heavy atom. The van der Waals surface area contributed by atoms with Crippen LogP contribution < -0.4 is 10.6 Å². The SMILES string of the molecule is Nc1ccc(N2CCOC2=O)c(C(=O)O)c1. The van der Waals surface area contributed by atoms with E-state index in [0.29, 0.717) is 17.9 Å². The van der Waals surface area contributed by atoms with Gasteiger partial charge in [-0.1, -0.05) is 0 Å². The van der Waals surface area contributed by atoms with E-state index in [1.807, 2.05) is 0 Å². The maximum absolute atomic E-state index is 11.3. The van der Waals surface area contributed by atoms with Crippen molar-refractivity contribution in [3.8, 4) is 0 Å². The van der Waals surface area contributed by atoms with Crippen molar-refractivity contribution in [1.82, 2.24) is 0 Å². The van der Waals surface area contributed by atoms with Crippen molar-refractivity contribution in [2.24, 2.45) is 0 Å². The van der Waals surface area contributed by atoms with Crippen LogP contribution in [0, 0.1) is 0 Å². The number of ether oxygens (including phenoxy) is 1. The van der Waals surface area contributed by atoms with Crippen LogP contribution in [0.4, 0.5) is 16.2 Å². The monoisotopic (exact) mass is 222 g/mol. The van der Waals surface area contributed by atoms with E-state index in [1.165, 1.54) is 17.0 Å². The number of hydrogen-bond donors (Lipinski definition) is 2. The van der Waals surface area contributed by atoms with Crippen molar-refractivity contribution in [3.05, 3.63) is 23.8 Å². The molecule has 0 aromatic heterocycles. The largest absolute Gasteiger partial charge is 0.478 e. The molecule has 1 aromatic carbocycles. The highest BCUT2D eigenvalue weighted by molar-refractivity contribution is 6.01. The summed E-state index contributed by atoms with van der Waals surface area (Å²) in [6.07, 6.45) is -0.535. The van der Waals surface area contributed by atoms with Gasteiger partial charge in [0.05, 0.1) is 17.8 Å². The predicted octanol–water partition coefficient (Wildman–Crippen LogP) is 0.924. The molecule has 0 atom stereocenters. The number of aromatic carboxylic acids is 1. The Bertz CT molecular complexity index is 458. The van der Waals surface area contributed by atoms with Gasteiger partial charge in [0.2, 0.25) is 0 Å². The minimum absolute atomic E-state index is 0.00106. The zero-order valence-corrected chi connectivity index (χ0v) is 8.34. The standard InChI is InChI=1S/C10H10N2O4/c11-6-1-2-8(7(5-6)9(13)14)12-3-4-16-10(12)15/h1-2,5H,3-4,11H2,(H,13,14). The molecule has 0 unspecified atom stereocenters. The number of hydrogen-bond acceptors (Lipinski definition) is 4. The predicted molar refractivity (Wildman–Crippen MR) is 56.5 cm³/mol. The van der Waals surface area contributed by atoms with Crippen LogP contribution in [0.25, 0.3) is 0 Å². The number of carbonyl (C=O) groups excluding carboxylic acids is 1. The first-order chi connectivity index (χ1) is 7.59. The summed E-state index contributed by atoms with van der Waals surface area (Å²) >= 11 is 0. The molecule has 1 heterocycles. The maximum Gasteiger partial charge on any atom is 0.414 e. The molecule has 1 saturated heterocycles. The van der Waals surface area contributed by atoms with Gasteiger partial charge in [0.25, 0.3) is 0 Å². The third-order valence-corrected chi connectivity index (χ3v) is 2.30. The molecule has 6 nitrogen and oxygen atoms in total. The van der Waals surface area contributed by atoms with Crippen molar-refractivity contribution < 1.29 is 19.4 Å². The van der Waals surface area contributed by atoms with Crippen molar-refractivity contribution in [1.29, 1.82) is 0 Å². The highest BCUT2D eigenvalue weighted by Crippen LogP contribution is 2.25. The van der Waals surface area contributed by atoms with E-state index in [1.54, 1.807) is 6.07 Å². The Hall–Kier alpha value is -2.24. The number of rotatable bonds is 2. The minimum Gasteiger partial charge on any atom is -0.478 e. The van der Waals surface area contributed by atoms with Crippen molar-refractivity contribution in [3.63, 3.8) is 0 Å². The molecule has 16 heavy (non-hydrogen) atoms. The molecule has 0 saturated carbocycles. The van der Waals surface area contributed by atoms with Crippen LogP contribution in [0.3, 0.4) is 0 Å². The van der Waals surface area contributed by atoms with Crippen LogP contribution in [0.1, 0.15) is 10.4 Å². The van der Waals surface area contributed by atoms with E-state index in [4.69, 9.17) is 15.6 Å². The van der Waals surface area contributed by atoms with E-state index in [9.17, 15) is 9.59 Å². The number of carbonyl (C=O) groups is 2. The summed E-state index contributed by atoms with van der Waals surface area (Å²) in [6, 6.07) is 4.38. The molecule has 0 spiro atoms. The molecule has 3 N–H and O–H groups in total. The quantitative estimate of drug-likeness (QED) is 0.726. The minimum atomic E-state index is -1.12. The Morgan fingerprint density at radius 2 is 2.25 bits per heavy atom. The number of carboxylic acids is 1. The Labute approximate surface area is 91.2 Å². The van der Waals surface area contributed by atoms with E-state index in [-0.39, 0.29) is 12.2 Å². The van der Waals surface area contributed by atoms with Crippen molar-refractivity contribution >= 4 is 23.4 Å². The Kier molecular flexibility index (Phi) is 2.40. The van der Waals surface area contributed by atoms with Gasteiger partial charge in [-0.3, -0.25) is 4.90 Å². The molecule has 1 fully saturated rings. The number of carboxylic acid groups (broad SMARTS) is 1. The number of cyclic esters (lactones) is 1. The molecular formula is C10H10N2O4. The second-order valence-electron chi connectivity index (χ2n) is 3.35. The first-order valence-electron chi connectivity index (χ1n) is 4.66. The fraction of sp³-hybridized carbons (Fsp3) is 0.200. The van der Waals surface area contributed by atoms with Gasteiger partial charge in [0, 0.05) is 5.69 Å². The number of nitrogens with two attached hydrogens (primary N) is 1. The third kappa shape index (κ3) is 1.65. The van der Waals surface area contributed by atoms with Crippen molar-refractivity contribution in [2.75, 3.05) is 23.8 Å². The maximum atomic E-state index is 11.3. The van der Waals surface area contributed by atoms with E-state index < -0.39 is 12.1 Å². The lowest BCUT2D eigenvalue weighted by molar-refractivity contribution is 0.0698. The third-order valence-electron chi connectivity index (χ3n) is 2.30. The number of amides is 1. The van der Waals surface area contributed by atoms with Gasteiger partial charge in [-0.2, -0.15) is 0 Å². The summed E-state index contributed by atoms with van der Waals surface area (Å²) in [6.45, 7) is 0.616. The highest BCUT2D eigenvalue weighted by Gasteiger charge is 2.27. The van der Waals surface area contributed by atoms with Crippen molar-refractivity contribution in [2.45, 2.75) is 0 Å². The summed E-state index contributed by atoms with van der Waals surface area (Å²) in [5.74, 6) is -1.12.